The van der Waals surface area contributed by atoms with E-state index >= 15 is 0 Å². The van der Waals surface area contributed by atoms with Gasteiger partial charge in [-0.2, -0.15) is 0 Å². The summed E-state index contributed by atoms with van der Waals surface area (Å²) in [6, 6.07) is 14.4. The number of fused-ring (bicyclic) bond motifs is 1. The van der Waals surface area contributed by atoms with Gasteiger partial charge in [-0.25, -0.2) is 0 Å². The van der Waals surface area contributed by atoms with Gasteiger partial charge in [0.1, 0.15) is 0 Å². The number of ether oxygens (including phenoxy) is 2. The Bertz CT molecular complexity index is 792. The van der Waals surface area contributed by atoms with Crippen LogP contribution in [0.4, 0.5) is 5.69 Å². The van der Waals surface area contributed by atoms with Crippen LogP contribution in [0.1, 0.15) is 11.1 Å². The predicted octanol–water partition coefficient (Wildman–Crippen LogP) is 2.75. The molecule has 6 nitrogen and oxygen atoms in total. The normalized spacial score (nSPS) is 14.4. The average molecular weight is 368 g/mol. The lowest BCUT2D eigenvalue weighted by atomic mass is 10.00. The molecule has 0 amide bonds. The zero-order chi connectivity index (χ0) is 19.1. The lowest BCUT2D eigenvalue weighted by Crippen LogP contribution is -2.39. The fourth-order valence-electron chi connectivity index (χ4n) is 3.31. The lowest BCUT2D eigenvalue weighted by molar-refractivity contribution is 0.258. The minimum atomic E-state index is 0.685. The number of methoxy groups -OCH3 is 2. The standard InChI is InChI=1S/C21H28N4O2/c1-22-21(24-18-8-9-19(26-2)20(14-18)27-3)23-11-13-25-12-10-16-6-4-5-7-17(16)15-25/h4-9,14H,10-13,15H2,1-3H3,(H2,22,23,24). The molecule has 144 valence electrons. The molecule has 0 bridgehead atoms. The van der Waals surface area contributed by atoms with Crippen LogP contribution in [-0.4, -0.2) is 51.8 Å². The van der Waals surface area contributed by atoms with Crippen molar-refractivity contribution in [2.45, 2.75) is 13.0 Å². The van der Waals surface area contributed by atoms with Crippen LogP contribution >= 0.6 is 0 Å². The zero-order valence-corrected chi connectivity index (χ0v) is 16.3. The number of aliphatic imine (C=N–C) groups is 1. The van der Waals surface area contributed by atoms with Crippen LogP contribution < -0.4 is 20.1 Å². The van der Waals surface area contributed by atoms with E-state index in [1.165, 1.54) is 11.1 Å². The molecule has 0 aromatic heterocycles. The van der Waals surface area contributed by atoms with Gasteiger partial charge in [-0.15, -0.1) is 0 Å². The molecule has 0 saturated heterocycles. The van der Waals surface area contributed by atoms with Crippen molar-refractivity contribution in [2.24, 2.45) is 4.99 Å². The van der Waals surface area contributed by atoms with E-state index in [0.717, 1.165) is 44.2 Å². The monoisotopic (exact) mass is 368 g/mol. The molecule has 0 atom stereocenters. The van der Waals surface area contributed by atoms with E-state index < -0.39 is 0 Å². The van der Waals surface area contributed by atoms with Gasteiger partial charge in [0.15, 0.2) is 17.5 Å². The number of nitrogens with one attached hydrogen (secondary N) is 2. The third kappa shape index (κ3) is 4.92. The van der Waals surface area contributed by atoms with Crippen molar-refractivity contribution in [2.75, 3.05) is 46.2 Å². The third-order valence-corrected chi connectivity index (χ3v) is 4.80. The van der Waals surface area contributed by atoms with Gasteiger partial charge < -0.3 is 20.1 Å². The van der Waals surface area contributed by atoms with Crippen molar-refractivity contribution >= 4 is 11.6 Å². The van der Waals surface area contributed by atoms with E-state index in [0.29, 0.717) is 11.5 Å². The molecule has 0 saturated carbocycles. The molecule has 27 heavy (non-hydrogen) atoms. The van der Waals surface area contributed by atoms with Gasteiger partial charge in [0.05, 0.1) is 14.2 Å². The first-order chi connectivity index (χ1) is 13.2. The fraction of sp³-hybridized carbons (Fsp3) is 0.381. The van der Waals surface area contributed by atoms with Crippen molar-refractivity contribution in [1.82, 2.24) is 10.2 Å². The first-order valence-corrected chi connectivity index (χ1v) is 9.22. The highest BCUT2D eigenvalue weighted by Gasteiger charge is 2.15. The van der Waals surface area contributed by atoms with E-state index in [4.69, 9.17) is 9.47 Å². The first kappa shape index (κ1) is 19.0. The van der Waals surface area contributed by atoms with E-state index in [-0.39, 0.29) is 0 Å². The van der Waals surface area contributed by atoms with Crippen LogP contribution in [0.5, 0.6) is 11.5 Å². The van der Waals surface area contributed by atoms with Gasteiger partial charge in [-0.05, 0) is 29.7 Å². The predicted molar refractivity (Wildman–Crippen MR) is 110 cm³/mol. The van der Waals surface area contributed by atoms with Crippen LogP contribution in [0.2, 0.25) is 0 Å². The number of anilines is 1. The van der Waals surface area contributed by atoms with Gasteiger partial charge in [-0.1, -0.05) is 24.3 Å². The third-order valence-electron chi connectivity index (χ3n) is 4.80. The van der Waals surface area contributed by atoms with Crippen molar-refractivity contribution in [3.63, 3.8) is 0 Å². The van der Waals surface area contributed by atoms with E-state index in [1.807, 2.05) is 18.2 Å². The van der Waals surface area contributed by atoms with E-state index in [2.05, 4.69) is 44.8 Å². The van der Waals surface area contributed by atoms with Crippen LogP contribution in [-0.2, 0) is 13.0 Å². The van der Waals surface area contributed by atoms with Crippen LogP contribution in [0, 0.1) is 0 Å². The van der Waals surface area contributed by atoms with Gasteiger partial charge in [0, 0.05) is 45.0 Å². The quantitative estimate of drug-likeness (QED) is 0.607. The second-order valence-electron chi connectivity index (χ2n) is 6.49. The molecule has 0 spiro atoms. The van der Waals surface area contributed by atoms with Gasteiger partial charge >= 0.3 is 0 Å². The molecule has 1 aliphatic heterocycles. The highest BCUT2D eigenvalue weighted by molar-refractivity contribution is 5.93. The maximum absolute atomic E-state index is 5.35. The molecule has 6 heteroatoms. The van der Waals surface area contributed by atoms with E-state index in [9.17, 15) is 0 Å². The van der Waals surface area contributed by atoms with Gasteiger partial charge in [0.25, 0.3) is 0 Å². The smallest absolute Gasteiger partial charge is 0.195 e. The van der Waals surface area contributed by atoms with E-state index in [1.54, 1.807) is 21.3 Å². The lowest BCUT2D eigenvalue weighted by Gasteiger charge is -2.28. The maximum atomic E-state index is 5.35. The summed E-state index contributed by atoms with van der Waals surface area (Å²) in [6.45, 7) is 3.91. The molecule has 0 radical (unpaired) electrons. The van der Waals surface area contributed by atoms with Crippen LogP contribution in [0.3, 0.4) is 0 Å². The Hall–Kier alpha value is -2.73. The Morgan fingerprint density at radius 1 is 1.07 bits per heavy atom. The Labute approximate surface area is 161 Å². The minimum absolute atomic E-state index is 0.685. The van der Waals surface area contributed by atoms with Crippen molar-refractivity contribution < 1.29 is 9.47 Å². The highest BCUT2D eigenvalue weighted by atomic mass is 16.5. The Morgan fingerprint density at radius 2 is 1.85 bits per heavy atom. The number of hydrogen-bond acceptors (Lipinski definition) is 4. The number of guanidine groups is 1. The molecule has 0 aliphatic carbocycles. The SMILES string of the molecule is CN=C(NCCN1CCc2ccccc2C1)Nc1ccc(OC)c(OC)c1. The maximum Gasteiger partial charge on any atom is 0.195 e. The fourth-order valence-corrected chi connectivity index (χ4v) is 3.31. The topological polar surface area (TPSA) is 58.1 Å². The summed E-state index contributed by atoms with van der Waals surface area (Å²) >= 11 is 0. The van der Waals surface area contributed by atoms with Crippen molar-refractivity contribution in [3.05, 3.63) is 53.6 Å². The van der Waals surface area contributed by atoms with Crippen molar-refractivity contribution in [3.8, 4) is 11.5 Å². The number of nitrogens with zero attached hydrogens (tertiary/aromatic N) is 2. The summed E-state index contributed by atoms with van der Waals surface area (Å²) in [5.74, 6) is 2.13. The largest absolute Gasteiger partial charge is 0.493 e. The molecule has 2 N–H and O–H groups in total. The second kappa shape index (κ2) is 9.28. The molecule has 0 fully saturated rings. The van der Waals surface area contributed by atoms with Gasteiger partial charge in [-0.3, -0.25) is 9.89 Å². The first-order valence-electron chi connectivity index (χ1n) is 9.22. The summed E-state index contributed by atoms with van der Waals surface area (Å²) < 4.78 is 10.6. The molecule has 3 rings (SSSR count). The highest BCUT2D eigenvalue weighted by Crippen LogP contribution is 2.29. The summed E-state index contributed by atoms with van der Waals surface area (Å²) in [6.07, 6.45) is 1.12. The molecular weight excluding hydrogens is 340 g/mol. The minimum Gasteiger partial charge on any atom is -0.493 e. The number of rotatable bonds is 6. The number of hydrogen-bond donors (Lipinski definition) is 2. The molecule has 1 heterocycles. The summed E-state index contributed by atoms with van der Waals surface area (Å²) in [5.41, 5.74) is 3.82. The van der Waals surface area contributed by atoms with Crippen LogP contribution in [0.25, 0.3) is 0 Å². The second-order valence-corrected chi connectivity index (χ2v) is 6.49. The molecule has 0 unspecified atom stereocenters. The summed E-state index contributed by atoms with van der Waals surface area (Å²) in [5, 5.41) is 6.67. The molecule has 2 aromatic rings. The summed E-state index contributed by atoms with van der Waals surface area (Å²) in [7, 11) is 5.03. The van der Waals surface area contributed by atoms with Crippen LogP contribution in [0.15, 0.2) is 47.5 Å². The Morgan fingerprint density at radius 3 is 2.59 bits per heavy atom. The molecular formula is C21H28N4O2. The van der Waals surface area contributed by atoms with Crippen molar-refractivity contribution in [1.29, 1.82) is 0 Å². The summed E-state index contributed by atoms with van der Waals surface area (Å²) in [4.78, 5) is 6.78. The van der Waals surface area contributed by atoms with Gasteiger partial charge in [0.2, 0.25) is 0 Å². The zero-order valence-electron chi connectivity index (χ0n) is 16.3. The average Bonchev–Trinajstić information content (AvgIpc) is 2.72. The molecule has 1 aliphatic rings. The molecule has 2 aromatic carbocycles. The Balaban J connectivity index is 1.50. The Kier molecular flexibility index (Phi) is 6.54. The number of benzene rings is 2.